The van der Waals surface area contributed by atoms with Crippen molar-refractivity contribution in [1.82, 2.24) is 10.6 Å². The van der Waals surface area contributed by atoms with Gasteiger partial charge in [0.2, 0.25) is 5.91 Å². The number of amides is 2. The molecule has 7 heteroatoms. The molecule has 4 rings (SSSR count). The van der Waals surface area contributed by atoms with E-state index in [0.29, 0.717) is 5.56 Å². The summed E-state index contributed by atoms with van der Waals surface area (Å²) in [5.74, 6) is -1.36. The Morgan fingerprint density at radius 3 is 2.06 bits per heavy atom. The molecule has 178 valence electrons. The summed E-state index contributed by atoms with van der Waals surface area (Å²) in [6.45, 7) is 1.64. The lowest BCUT2D eigenvalue weighted by Crippen LogP contribution is -2.45. The first-order chi connectivity index (χ1) is 17.0. The highest BCUT2D eigenvalue weighted by Gasteiger charge is 2.29. The predicted molar refractivity (Wildman–Crippen MR) is 132 cm³/mol. The highest BCUT2D eigenvalue weighted by Crippen LogP contribution is 2.44. The molecule has 0 radical (unpaired) electrons. The van der Waals surface area contributed by atoms with E-state index in [4.69, 9.17) is 9.47 Å². The van der Waals surface area contributed by atoms with Gasteiger partial charge in [-0.25, -0.2) is 9.59 Å². The number of carbonyl (C=O) groups excluding carboxylic acids is 3. The maximum atomic E-state index is 12.7. The Morgan fingerprint density at radius 2 is 1.46 bits per heavy atom. The molecule has 0 aliphatic heterocycles. The van der Waals surface area contributed by atoms with Crippen LogP contribution in [0.4, 0.5) is 4.79 Å². The fourth-order valence-electron chi connectivity index (χ4n) is 4.10. The third-order valence-electron chi connectivity index (χ3n) is 5.85. The molecule has 2 N–H and O–H groups in total. The second-order valence-electron chi connectivity index (χ2n) is 8.14. The summed E-state index contributed by atoms with van der Waals surface area (Å²) in [5, 5.41) is 5.05. The molecule has 0 fully saturated rings. The lowest BCUT2D eigenvalue weighted by molar-refractivity contribution is -0.137. The van der Waals surface area contributed by atoms with Crippen molar-refractivity contribution in [3.8, 4) is 11.1 Å². The quantitative estimate of drug-likeness (QED) is 0.398. The zero-order chi connectivity index (χ0) is 24.8. The van der Waals surface area contributed by atoms with Crippen molar-refractivity contribution in [3.63, 3.8) is 0 Å². The van der Waals surface area contributed by atoms with Crippen LogP contribution >= 0.6 is 0 Å². The summed E-state index contributed by atoms with van der Waals surface area (Å²) in [6.07, 6.45) is 0.783. The molecule has 2 amide bonds. The first kappa shape index (κ1) is 23.8. The molecule has 0 heterocycles. The number of nitrogens with one attached hydrogen (secondary N) is 2. The minimum atomic E-state index is -0.950. The number of benzene rings is 3. The summed E-state index contributed by atoms with van der Waals surface area (Å²) in [7, 11) is 1.23. The minimum absolute atomic E-state index is 0.0371. The summed E-state index contributed by atoms with van der Waals surface area (Å²) < 4.78 is 10.3. The van der Waals surface area contributed by atoms with Crippen LogP contribution in [0, 0.1) is 0 Å². The summed E-state index contributed by atoms with van der Waals surface area (Å²) in [6, 6.07) is 24.2. The van der Waals surface area contributed by atoms with Crippen LogP contribution < -0.4 is 10.6 Å². The van der Waals surface area contributed by atoms with Crippen LogP contribution in [-0.2, 0) is 19.1 Å². The number of alkyl carbamates (subject to hydrolysis) is 1. The highest BCUT2D eigenvalue weighted by atomic mass is 16.5. The zero-order valence-corrected chi connectivity index (χ0v) is 19.5. The Morgan fingerprint density at radius 1 is 0.886 bits per heavy atom. The fourth-order valence-corrected chi connectivity index (χ4v) is 4.10. The molecule has 0 spiro atoms. The van der Waals surface area contributed by atoms with Crippen molar-refractivity contribution >= 4 is 24.0 Å². The number of rotatable bonds is 7. The van der Waals surface area contributed by atoms with Gasteiger partial charge in [-0.1, -0.05) is 78.9 Å². The van der Waals surface area contributed by atoms with E-state index in [1.807, 2.05) is 54.6 Å². The van der Waals surface area contributed by atoms with Gasteiger partial charge in [-0.3, -0.25) is 4.79 Å². The molecule has 0 unspecified atom stereocenters. The maximum Gasteiger partial charge on any atom is 0.407 e. The lowest BCUT2D eigenvalue weighted by atomic mass is 9.98. The smallest absolute Gasteiger partial charge is 0.407 e. The molecule has 3 aromatic carbocycles. The largest absolute Gasteiger partial charge is 0.464 e. The Hall–Kier alpha value is -4.39. The molecule has 0 saturated heterocycles. The van der Waals surface area contributed by atoms with Crippen LogP contribution in [-0.4, -0.2) is 37.7 Å². The molecule has 1 aliphatic rings. The first-order valence-electron chi connectivity index (χ1n) is 11.3. The predicted octanol–water partition coefficient (Wildman–Crippen LogP) is 4.24. The van der Waals surface area contributed by atoms with Gasteiger partial charge in [0.25, 0.3) is 0 Å². The third-order valence-corrected chi connectivity index (χ3v) is 5.85. The van der Waals surface area contributed by atoms with Crippen LogP contribution in [0.1, 0.15) is 29.5 Å². The molecule has 0 saturated carbocycles. The summed E-state index contributed by atoms with van der Waals surface area (Å²) in [4.78, 5) is 37.3. The van der Waals surface area contributed by atoms with E-state index < -0.39 is 24.0 Å². The van der Waals surface area contributed by atoms with Crippen molar-refractivity contribution in [1.29, 1.82) is 0 Å². The van der Waals surface area contributed by atoms with Crippen molar-refractivity contribution in [2.45, 2.75) is 18.9 Å². The fraction of sp³-hybridized carbons (Fsp3) is 0.179. The van der Waals surface area contributed by atoms with E-state index >= 15 is 0 Å². The third kappa shape index (κ3) is 5.41. The van der Waals surface area contributed by atoms with Crippen LogP contribution in [0.3, 0.4) is 0 Å². The topological polar surface area (TPSA) is 93.7 Å². The van der Waals surface area contributed by atoms with E-state index in [1.54, 1.807) is 12.1 Å². The highest BCUT2D eigenvalue weighted by molar-refractivity contribution is 5.99. The average molecular weight is 471 g/mol. The van der Waals surface area contributed by atoms with E-state index in [-0.39, 0.29) is 18.2 Å². The molecular formula is C28H26N2O5. The van der Waals surface area contributed by atoms with E-state index in [2.05, 4.69) is 22.8 Å². The van der Waals surface area contributed by atoms with Gasteiger partial charge in [0.15, 0.2) is 0 Å². The zero-order valence-electron chi connectivity index (χ0n) is 19.5. The van der Waals surface area contributed by atoms with Crippen molar-refractivity contribution in [2.24, 2.45) is 0 Å². The molecule has 7 nitrogen and oxygen atoms in total. The monoisotopic (exact) mass is 470 g/mol. The number of fused-ring (bicyclic) bond motifs is 3. The van der Waals surface area contributed by atoms with Gasteiger partial charge in [0.05, 0.1) is 7.11 Å². The number of esters is 1. The SMILES string of the molecule is COC(=O)/C(=C/c1ccccc1)NC(=O)[C@H](C)NC(=O)OCC1c2ccccc2-c2ccccc21. The average Bonchev–Trinajstić information content (AvgIpc) is 3.20. The molecular weight excluding hydrogens is 444 g/mol. The molecule has 0 bridgehead atoms. The normalized spacial score (nSPS) is 13.3. The van der Waals surface area contributed by atoms with Crippen LogP contribution in [0.25, 0.3) is 17.2 Å². The van der Waals surface area contributed by atoms with E-state index in [9.17, 15) is 14.4 Å². The van der Waals surface area contributed by atoms with Crippen LogP contribution in [0.2, 0.25) is 0 Å². The van der Waals surface area contributed by atoms with Gasteiger partial charge in [-0.05, 0) is 40.8 Å². The van der Waals surface area contributed by atoms with Gasteiger partial charge in [0.1, 0.15) is 18.3 Å². The van der Waals surface area contributed by atoms with E-state index in [1.165, 1.54) is 20.1 Å². The van der Waals surface area contributed by atoms with Gasteiger partial charge in [0, 0.05) is 5.92 Å². The van der Waals surface area contributed by atoms with Crippen LogP contribution in [0.15, 0.2) is 84.6 Å². The Labute approximate surface area is 203 Å². The van der Waals surface area contributed by atoms with Gasteiger partial charge in [-0.15, -0.1) is 0 Å². The lowest BCUT2D eigenvalue weighted by Gasteiger charge is -2.17. The maximum absolute atomic E-state index is 12.7. The summed E-state index contributed by atoms with van der Waals surface area (Å²) >= 11 is 0. The Bertz CT molecular complexity index is 1220. The van der Waals surface area contributed by atoms with Gasteiger partial charge in [-0.2, -0.15) is 0 Å². The van der Waals surface area contributed by atoms with Gasteiger partial charge >= 0.3 is 12.1 Å². The summed E-state index contributed by atoms with van der Waals surface area (Å²) in [5.41, 5.74) is 5.13. The standard InChI is InChI=1S/C28H26N2O5/c1-18(26(31)30-25(27(32)34-2)16-19-10-4-3-5-11-19)29-28(33)35-17-24-22-14-8-6-12-20(22)21-13-7-9-15-23(21)24/h3-16,18,24H,17H2,1-2H3,(H,29,33)(H,30,31)/b25-16-/t18-/m0/s1. The first-order valence-corrected chi connectivity index (χ1v) is 11.3. The van der Waals surface area contributed by atoms with Gasteiger partial charge < -0.3 is 20.1 Å². The number of hydrogen-bond donors (Lipinski definition) is 2. The molecule has 0 aromatic heterocycles. The second kappa shape index (κ2) is 10.7. The van der Waals surface area contributed by atoms with E-state index in [0.717, 1.165) is 22.3 Å². The second-order valence-corrected chi connectivity index (χ2v) is 8.14. The molecule has 3 aromatic rings. The van der Waals surface area contributed by atoms with Crippen molar-refractivity contribution in [2.75, 3.05) is 13.7 Å². The number of hydrogen-bond acceptors (Lipinski definition) is 5. The molecule has 1 aliphatic carbocycles. The Kier molecular flexibility index (Phi) is 7.26. The number of carbonyl (C=O) groups is 3. The molecule has 1 atom stereocenters. The minimum Gasteiger partial charge on any atom is -0.464 e. The van der Waals surface area contributed by atoms with Crippen LogP contribution in [0.5, 0.6) is 0 Å². The Balaban J connectivity index is 1.37. The number of ether oxygens (including phenoxy) is 2. The molecule has 35 heavy (non-hydrogen) atoms. The van der Waals surface area contributed by atoms with Crippen molar-refractivity contribution in [3.05, 3.63) is 101 Å². The van der Waals surface area contributed by atoms with Crippen molar-refractivity contribution < 1.29 is 23.9 Å². The number of methoxy groups -OCH3 is 1.